The van der Waals surface area contributed by atoms with Gasteiger partial charge in [0.25, 0.3) is 5.91 Å². The highest BCUT2D eigenvalue weighted by atomic mass is 16.5. The fourth-order valence-corrected chi connectivity index (χ4v) is 3.23. The zero-order valence-corrected chi connectivity index (χ0v) is 14.9. The summed E-state index contributed by atoms with van der Waals surface area (Å²) in [6, 6.07) is 6.76. The van der Waals surface area contributed by atoms with Gasteiger partial charge in [-0.05, 0) is 49.8 Å². The summed E-state index contributed by atoms with van der Waals surface area (Å²) in [7, 11) is 1.59. The summed E-state index contributed by atoms with van der Waals surface area (Å²) in [6.45, 7) is 2.96. The van der Waals surface area contributed by atoms with Gasteiger partial charge in [0.2, 0.25) is 0 Å². The molecule has 0 heterocycles. The van der Waals surface area contributed by atoms with E-state index in [-0.39, 0.29) is 5.91 Å². The van der Waals surface area contributed by atoms with Crippen molar-refractivity contribution in [3.05, 3.63) is 29.8 Å². The van der Waals surface area contributed by atoms with Crippen LogP contribution in [0.3, 0.4) is 0 Å². The highest BCUT2D eigenvalue weighted by molar-refractivity contribution is 5.98. The van der Waals surface area contributed by atoms with Gasteiger partial charge in [-0.25, -0.2) is 4.79 Å². The lowest BCUT2D eigenvalue weighted by Gasteiger charge is -2.37. The molecular formula is C19H27NO5. The maximum Gasteiger partial charge on any atom is 0.329 e. The lowest BCUT2D eigenvalue weighted by Crippen LogP contribution is -2.56. The molecule has 1 aliphatic carbocycles. The van der Waals surface area contributed by atoms with E-state index in [1.807, 2.05) is 0 Å². The van der Waals surface area contributed by atoms with Crippen LogP contribution in [0.1, 0.15) is 49.4 Å². The zero-order chi connectivity index (χ0) is 18.3. The average Bonchev–Trinajstić information content (AvgIpc) is 2.62. The van der Waals surface area contributed by atoms with E-state index >= 15 is 0 Å². The minimum absolute atomic E-state index is 0.380. The fourth-order valence-electron chi connectivity index (χ4n) is 3.23. The van der Waals surface area contributed by atoms with Crippen molar-refractivity contribution in [2.24, 2.45) is 5.92 Å². The minimum atomic E-state index is -1.17. The molecule has 0 spiro atoms. The summed E-state index contributed by atoms with van der Waals surface area (Å²) in [5.74, 6) is -0.233. The van der Waals surface area contributed by atoms with Crippen LogP contribution in [0.25, 0.3) is 0 Å². The Labute approximate surface area is 148 Å². The number of ether oxygens (including phenoxy) is 2. The molecule has 6 nitrogen and oxygen atoms in total. The van der Waals surface area contributed by atoms with Crippen LogP contribution in [0.2, 0.25) is 0 Å². The van der Waals surface area contributed by atoms with Crippen LogP contribution in [-0.4, -0.2) is 42.8 Å². The second-order valence-electron chi connectivity index (χ2n) is 6.56. The quantitative estimate of drug-likeness (QED) is 0.705. The normalized spacial score (nSPS) is 23.0. The summed E-state index contributed by atoms with van der Waals surface area (Å²) < 4.78 is 10.4. The van der Waals surface area contributed by atoms with Crippen LogP contribution in [0, 0.1) is 5.92 Å². The maximum atomic E-state index is 12.6. The highest BCUT2D eigenvalue weighted by Gasteiger charge is 2.43. The number of hydrogen-bond donors (Lipinski definition) is 2. The number of aliphatic carboxylic acids is 1. The first-order chi connectivity index (χ1) is 12.0. The van der Waals surface area contributed by atoms with E-state index in [4.69, 9.17) is 9.47 Å². The summed E-state index contributed by atoms with van der Waals surface area (Å²) >= 11 is 0. The van der Waals surface area contributed by atoms with Crippen LogP contribution in [0.15, 0.2) is 24.3 Å². The Bertz CT molecular complexity index is 593. The van der Waals surface area contributed by atoms with Gasteiger partial charge in [0.1, 0.15) is 17.9 Å². The number of carbonyl (C=O) groups is 2. The minimum Gasteiger partial charge on any atom is -0.491 e. The monoisotopic (exact) mass is 349 g/mol. The van der Waals surface area contributed by atoms with Gasteiger partial charge in [-0.2, -0.15) is 0 Å². The van der Waals surface area contributed by atoms with E-state index in [1.165, 1.54) is 0 Å². The Morgan fingerprint density at radius 3 is 2.60 bits per heavy atom. The van der Waals surface area contributed by atoms with E-state index in [9.17, 15) is 14.7 Å². The van der Waals surface area contributed by atoms with Crippen molar-refractivity contribution < 1.29 is 24.2 Å². The first kappa shape index (κ1) is 19.2. The summed E-state index contributed by atoms with van der Waals surface area (Å²) in [6.07, 6.45) is 3.63. The third kappa shape index (κ3) is 4.95. The Morgan fingerprint density at radius 2 is 2.00 bits per heavy atom. The SMILES string of the molecule is CCC1CCC(NC(=O)c2cccc(OCCOC)c2)(C(=O)O)CC1. The number of benzene rings is 1. The number of rotatable bonds is 8. The smallest absolute Gasteiger partial charge is 0.329 e. The summed E-state index contributed by atoms with van der Waals surface area (Å²) in [5, 5.41) is 12.5. The molecule has 0 bridgehead atoms. The van der Waals surface area contributed by atoms with Crippen LogP contribution < -0.4 is 10.1 Å². The Balaban J connectivity index is 2.06. The predicted molar refractivity (Wildman–Crippen MR) is 93.9 cm³/mol. The second-order valence-corrected chi connectivity index (χ2v) is 6.56. The Morgan fingerprint density at radius 1 is 1.28 bits per heavy atom. The topological polar surface area (TPSA) is 84.9 Å². The first-order valence-electron chi connectivity index (χ1n) is 8.78. The summed E-state index contributed by atoms with van der Waals surface area (Å²) in [5.41, 5.74) is -0.775. The zero-order valence-electron chi connectivity index (χ0n) is 14.9. The van der Waals surface area contributed by atoms with Crippen molar-refractivity contribution in [2.45, 2.75) is 44.6 Å². The Kier molecular flexibility index (Phi) is 6.82. The van der Waals surface area contributed by atoms with Crippen molar-refractivity contribution in [3.8, 4) is 5.75 Å². The van der Waals surface area contributed by atoms with E-state index < -0.39 is 11.5 Å². The molecule has 0 radical (unpaired) electrons. The van der Waals surface area contributed by atoms with Gasteiger partial charge < -0.3 is 19.9 Å². The second kappa shape index (κ2) is 8.85. The fraction of sp³-hybridized carbons (Fsp3) is 0.579. The van der Waals surface area contributed by atoms with Crippen molar-refractivity contribution in [1.82, 2.24) is 5.32 Å². The van der Waals surface area contributed by atoms with E-state index in [2.05, 4.69) is 12.2 Å². The van der Waals surface area contributed by atoms with Gasteiger partial charge in [-0.3, -0.25) is 4.79 Å². The van der Waals surface area contributed by atoms with E-state index in [0.717, 1.165) is 19.3 Å². The van der Waals surface area contributed by atoms with Gasteiger partial charge in [0.15, 0.2) is 0 Å². The maximum absolute atomic E-state index is 12.6. The van der Waals surface area contributed by atoms with Crippen molar-refractivity contribution in [2.75, 3.05) is 20.3 Å². The number of methoxy groups -OCH3 is 1. The molecule has 1 fully saturated rings. The number of nitrogens with one attached hydrogen (secondary N) is 1. The van der Waals surface area contributed by atoms with Gasteiger partial charge in [0.05, 0.1) is 6.61 Å². The molecule has 6 heteroatoms. The molecule has 0 aromatic heterocycles. The van der Waals surface area contributed by atoms with Crippen LogP contribution in [0.4, 0.5) is 0 Å². The molecule has 1 amide bonds. The van der Waals surface area contributed by atoms with Crippen molar-refractivity contribution in [1.29, 1.82) is 0 Å². The third-order valence-electron chi connectivity index (χ3n) is 4.95. The molecule has 0 aliphatic heterocycles. The lowest BCUT2D eigenvalue weighted by molar-refractivity contribution is -0.146. The number of hydrogen-bond acceptors (Lipinski definition) is 4. The predicted octanol–water partition coefficient (Wildman–Crippen LogP) is 2.87. The van der Waals surface area contributed by atoms with Crippen molar-refractivity contribution in [3.63, 3.8) is 0 Å². The Hall–Kier alpha value is -2.08. The molecule has 2 rings (SSSR count). The van der Waals surface area contributed by atoms with Crippen LogP contribution in [-0.2, 0) is 9.53 Å². The number of carbonyl (C=O) groups excluding carboxylic acids is 1. The lowest BCUT2D eigenvalue weighted by atomic mass is 9.75. The molecule has 0 atom stereocenters. The molecule has 1 aromatic carbocycles. The van der Waals surface area contributed by atoms with Gasteiger partial charge >= 0.3 is 5.97 Å². The van der Waals surface area contributed by atoms with Gasteiger partial charge in [-0.1, -0.05) is 19.4 Å². The van der Waals surface area contributed by atoms with Crippen molar-refractivity contribution >= 4 is 11.9 Å². The molecule has 138 valence electrons. The molecule has 1 aliphatic rings. The molecule has 1 aromatic rings. The summed E-state index contributed by atoms with van der Waals surface area (Å²) in [4.78, 5) is 24.4. The molecule has 1 saturated carbocycles. The van der Waals surface area contributed by atoms with E-state index in [0.29, 0.717) is 43.3 Å². The van der Waals surface area contributed by atoms with Gasteiger partial charge in [-0.15, -0.1) is 0 Å². The average molecular weight is 349 g/mol. The number of amides is 1. The molecule has 0 saturated heterocycles. The largest absolute Gasteiger partial charge is 0.491 e. The molecule has 2 N–H and O–H groups in total. The number of carboxylic acid groups (broad SMARTS) is 1. The molecule has 25 heavy (non-hydrogen) atoms. The third-order valence-corrected chi connectivity index (χ3v) is 4.95. The number of carboxylic acids is 1. The molecular weight excluding hydrogens is 322 g/mol. The van der Waals surface area contributed by atoms with Gasteiger partial charge in [0, 0.05) is 12.7 Å². The van der Waals surface area contributed by atoms with Crippen LogP contribution >= 0.6 is 0 Å². The molecule has 0 unspecified atom stereocenters. The van der Waals surface area contributed by atoms with E-state index in [1.54, 1.807) is 31.4 Å². The highest BCUT2D eigenvalue weighted by Crippen LogP contribution is 2.34. The first-order valence-corrected chi connectivity index (χ1v) is 8.78. The van der Waals surface area contributed by atoms with Crippen LogP contribution in [0.5, 0.6) is 5.75 Å². The standard InChI is InChI=1S/C19H27NO5/c1-3-14-7-9-19(10-8-14,18(22)23)20-17(21)15-5-4-6-16(13-15)25-12-11-24-2/h4-6,13-14H,3,7-12H2,1-2H3,(H,20,21)(H,22,23).